The second kappa shape index (κ2) is 13.7. The van der Waals surface area contributed by atoms with Crippen molar-refractivity contribution in [3.63, 3.8) is 0 Å². The van der Waals surface area contributed by atoms with E-state index < -0.39 is 46.8 Å². The zero-order valence-electron chi connectivity index (χ0n) is 18.0. The Labute approximate surface area is 206 Å². The molecule has 2 aromatic carbocycles. The Bertz CT molecular complexity index is 1060. The van der Waals surface area contributed by atoms with Gasteiger partial charge < -0.3 is 20.6 Å². The summed E-state index contributed by atoms with van der Waals surface area (Å²) in [6.07, 6.45) is 1.15. The molecular weight excluding hydrogens is 572 g/mol. The van der Waals surface area contributed by atoms with E-state index in [4.69, 9.17) is 14.8 Å². The average Bonchev–Trinajstić information content (AvgIpc) is 2.81. The number of halogens is 4. The van der Waals surface area contributed by atoms with E-state index in [2.05, 4.69) is 15.8 Å². The monoisotopic (exact) mass is 594 g/mol. The molecule has 0 aliphatic rings. The topological polar surface area (TPSA) is 121 Å². The molecule has 13 heteroatoms. The Balaban J connectivity index is 2.31. The number of benzene rings is 2. The zero-order chi connectivity index (χ0) is 25.1. The number of nitrogens with zero attached hydrogens (tertiary/aromatic N) is 1. The van der Waals surface area contributed by atoms with E-state index in [0.29, 0.717) is 9.99 Å². The number of aliphatic hydroxyl groups excluding tert-OH is 1. The molecule has 0 bridgehead atoms. The third kappa shape index (κ3) is 7.85. The van der Waals surface area contributed by atoms with Crippen LogP contribution >= 0.6 is 22.6 Å². The number of carbonyl (C=O) groups is 2. The predicted molar refractivity (Wildman–Crippen MR) is 126 cm³/mol. The first-order chi connectivity index (χ1) is 16.3. The smallest absolute Gasteiger partial charge is 0.277 e. The van der Waals surface area contributed by atoms with Crippen LogP contribution in [0.5, 0.6) is 0 Å². The molecule has 2 rings (SSSR count). The highest BCUT2D eigenvalue weighted by molar-refractivity contribution is 14.1. The number of rotatable bonds is 12. The van der Waals surface area contributed by atoms with Gasteiger partial charge in [-0.15, -0.1) is 0 Å². The third-order valence-corrected chi connectivity index (χ3v) is 4.80. The quantitative estimate of drug-likeness (QED) is 0.130. The summed E-state index contributed by atoms with van der Waals surface area (Å²) >= 11 is 1.88. The fraction of sp³-hybridized carbons (Fsp3) is 0.286. The summed E-state index contributed by atoms with van der Waals surface area (Å²) in [6, 6.07) is 4.97. The molecule has 0 aromatic heterocycles. The van der Waals surface area contributed by atoms with Gasteiger partial charge >= 0.3 is 0 Å². The van der Waals surface area contributed by atoms with E-state index in [0.717, 1.165) is 12.3 Å². The first-order valence-corrected chi connectivity index (χ1v) is 11.0. The number of nitrogens with one attached hydrogen (secondary N) is 3. The van der Waals surface area contributed by atoms with Gasteiger partial charge in [-0.3, -0.25) is 14.4 Å². The lowest BCUT2D eigenvalue weighted by molar-refractivity contribution is -0.121. The van der Waals surface area contributed by atoms with Crippen LogP contribution in [0.3, 0.4) is 0 Å². The number of anilines is 2. The molecule has 0 saturated heterocycles. The minimum atomic E-state index is -1.47. The molecule has 2 amide bonds. The molecule has 0 heterocycles. The number of oxime groups is 1. The highest BCUT2D eigenvalue weighted by atomic mass is 127. The van der Waals surface area contributed by atoms with Gasteiger partial charge in [0, 0.05) is 15.6 Å². The Hall–Kier alpha value is -2.91. The minimum absolute atomic E-state index is 0.0274. The lowest BCUT2D eigenvalue weighted by Crippen LogP contribution is -2.26. The Morgan fingerprint density at radius 3 is 2.62 bits per heavy atom. The maximum atomic E-state index is 15.0. The molecule has 0 radical (unpaired) electrons. The second-order valence-electron chi connectivity index (χ2n) is 6.54. The summed E-state index contributed by atoms with van der Waals surface area (Å²) in [6.45, 7) is 1.16. The number of aliphatic hydroxyl groups is 1. The van der Waals surface area contributed by atoms with Crippen LogP contribution in [0, 0.1) is 21.0 Å². The minimum Gasteiger partial charge on any atom is -0.394 e. The third-order valence-electron chi connectivity index (χ3n) is 4.13. The maximum absolute atomic E-state index is 15.0. The number of hydrogen-bond donors (Lipinski definition) is 4. The molecule has 0 unspecified atom stereocenters. The van der Waals surface area contributed by atoms with E-state index in [9.17, 15) is 22.8 Å². The molecule has 9 nitrogen and oxygen atoms in total. The van der Waals surface area contributed by atoms with E-state index in [1.165, 1.54) is 18.2 Å². The van der Waals surface area contributed by atoms with Crippen LogP contribution in [0.15, 0.2) is 29.4 Å². The molecule has 0 fully saturated rings. The zero-order valence-corrected chi connectivity index (χ0v) is 20.1. The van der Waals surface area contributed by atoms with Gasteiger partial charge in [0.2, 0.25) is 5.91 Å². The van der Waals surface area contributed by atoms with Crippen molar-refractivity contribution in [2.24, 2.45) is 5.16 Å². The summed E-state index contributed by atoms with van der Waals surface area (Å²) in [7, 11) is 0. The highest BCUT2D eigenvalue weighted by Crippen LogP contribution is 2.30. The van der Waals surface area contributed by atoms with E-state index >= 15 is 0 Å². The standard InChI is InChI=1S/C21H22F3IN4O5/c1-2-17(31)26-5-7-33-27-11-12-9-14(21(32)29-34-8-6-30)20(19(24)18(12)23)28-16-4-3-13(25)10-15(16)22/h3-4,9-11,28,30H,2,5-8H2,1H3,(H,26,31)(H,29,32)/b27-11-. The van der Waals surface area contributed by atoms with Crippen LogP contribution in [-0.2, 0) is 14.5 Å². The van der Waals surface area contributed by atoms with Crippen molar-refractivity contribution >= 4 is 52.0 Å². The van der Waals surface area contributed by atoms with Crippen molar-refractivity contribution in [1.29, 1.82) is 0 Å². The first-order valence-electron chi connectivity index (χ1n) is 9.97. The van der Waals surface area contributed by atoms with Crippen LogP contribution < -0.4 is 16.1 Å². The summed E-state index contributed by atoms with van der Waals surface area (Å²) < 4.78 is 44.5. The lowest BCUT2D eigenvalue weighted by atomic mass is 10.1. The summed E-state index contributed by atoms with van der Waals surface area (Å²) in [4.78, 5) is 33.3. The molecule has 0 spiro atoms. The maximum Gasteiger partial charge on any atom is 0.277 e. The SMILES string of the molecule is CCC(=O)NCCO/N=C\c1cc(C(=O)NOCCO)c(Nc2ccc(I)cc2F)c(F)c1F. The molecule has 0 aliphatic heterocycles. The van der Waals surface area contributed by atoms with Crippen molar-refractivity contribution < 1.29 is 37.5 Å². The van der Waals surface area contributed by atoms with Crippen LogP contribution in [0.25, 0.3) is 0 Å². The Morgan fingerprint density at radius 2 is 1.94 bits per heavy atom. The van der Waals surface area contributed by atoms with Gasteiger partial charge in [-0.2, -0.15) is 0 Å². The molecule has 0 atom stereocenters. The fourth-order valence-corrected chi connectivity index (χ4v) is 2.94. The van der Waals surface area contributed by atoms with Gasteiger partial charge in [-0.05, 0) is 46.9 Å². The van der Waals surface area contributed by atoms with Crippen molar-refractivity contribution in [1.82, 2.24) is 10.8 Å². The largest absolute Gasteiger partial charge is 0.394 e. The molecule has 2 aromatic rings. The summed E-state index contributed by atoms with van der Waals surface area (Å²) in [5.41, 5.74) is 0.298. The first kappa shape index (κ1) is 27.3. The summed E-state index contributed by atoms with van der Waals surface area (Å²) in [5, 5.41) is 17.2. The van der Waals surface area contributed by atoms with Crippen LogP contribution in [0.4, 0.5) is 24.5 Å². The van der Waals surface area contributed by atoms with E-state index in [1.54, 1.807) is 6.92 Å². The van der Waals surface area contributed by atoms with Gasteiger partial charge in [0.1, 0.15) is 12.4 Å². The molecule has 184 valence electrons. The van der Waals surface area contributed by atoms with Crippen LogP contribution in [0.2, 0.25) is 0 Å². The molecule has 4 N–H and O–H groups in total. The normalized spacial score (nSPS) is 10.9. The van der Waals surface area contributed by atoms with E-state index in [1.807, 2.05) is 28.1 Å². The number of carbonyl (C=O) groups excluding carboxylic acids is 2. The van der Waals surface area contributed by atoms with Gasteiger partial charge in [0.15, 0.2) is 11.6 Å². The van der Waals surface area contributed by atoms with Crippen molar-refractivity contribution in [3.05, 3.63) is 56.4 Å². The van der Waals surface area contributed by atoms with E-state index in [-0.39, 0.29) is 31.4 Å². The van der Waals surface area contributed by atoms with Gasteiger partial charge in [-0.25, -0.2) is 18.7 Å². The second-order valence-corrected chi connectivity index (χ2v) is 7.79. The van der Waals surface area contributed by atoms with Gasteiger partial charge in [-0.1, -0.05) is 12.1 Å². The Kier molecular flexibility index (Phi) is 11.0. The predicted octanol–water partition coefficient (Wildman–Crippen LogP) is 2.98. The van der Waals surface area contributed by atoms with Crippen LogP contribution in [0.1, 0.15) is 29.3 Å². The van der Waals surface area contributed by atoms with Crippen LogP contribution in [-0.4, -0.2) is 49.5 Å². The lowest BCUT2D eigenvalue weighted by Gasteiger charge is -2.15. The summed E-state index contributed by atoms with van der Waals surface area (Å²) in [5.74, 6) is -4.76. The van der Waals surface area contributed by atoms with Crippen molar-refractivity contribution in [2.45, 2.75) is 13.3 Å². The van der Waals surface area contributed by atoms with Gasteiger partial charge in [0.25, 0.3) is 5.91 Å². The Morgan fingerprint density at radius 1 is 1.18 bits per heavy atom. The number of hydroxylamine groups is 1. The van der Waals surface area contributed by atoms with Gasteiger partial charge in [0.05, 0.1) is 42.9 Å². The fourth-order valence-electron chi connectivity index (χ4n) is 2.49. The molecule has 0 aliphatic carbocycles. The number of amides is 2. The van der Waals surface area contributed by atoms with Crippen molar-refractivity contribution in [2.75, 3.05) is 31.7 Å². The molecular formula is C21H22F3IN4O5. The van der Waals surface area contributed by atoms with Crippen molar-refractivity contribution in [3.8, 4) is 0 Å². The molecule has 34 heavy (non-hydrogen) atoms. The average molecular weight is 594 g/mol. The molecule has 0 saturated carbocycles. The highest BCUT2D eigenvalue weighted by Gasteiger charge is 2.23. The number of hydrogen-bond acceptors (Lipinski definition) is 7.